The van der Waals surface area contributed by atoms with Crippen LogP contribution < -0.4 is 0 Å². The van der Waals surface area contributed by atoms with Gasteiger partial charge in [0.2, 0.25) is 0 Å². The van der Waals surface area contributed by atoms with Crippen LogP contribution >= 0.6 is 11.3 Å². The van der Waals surface area contributed by atoms with E-state index in [-0.39, 0.29) is 0 Å². The Labute approximate surface area is 134 Å². The number of carboxylic acids is 1. The minimum atomic E-state index is -0.869. The first kappa shape index (κ1) is 15.2. The SMILES string of the molecule is Cc1cnc(C2CCN(Cc3ccc(C(=O)O)cc3)CC2)s1. The average Bonchev–Trinajstić information content (AvgIpc) is 2.95. The van der Waals surface area contributed by atoms with Crippen molar-refractivity contribution in [2.75, 3.05) is 13.1 Å². The van der Waals surface area contributed by atoms with Crippen LogP contribution in [-0.4, -0.2) is 34.0 Å². The smallest absolute Gasteiger partial charge is 0.335 e. The van der Waals surface area contributed by atoms with Gasteiger partial charge in [0.15, 0.2) is 0 Å². The fraction of sp³-hybridized carbons (Fsp3) is 0.412. The maximum absolute atomic E-state index is 10.9. The van der Waals surface area contributed by atoms with E-state index in [9.17, 15) is 4.79 Å². The van der Waals surface area contributed by atoms with Crippen LogP contribution in [0.4, 0.5) is 0 Å². The van der Waals surface area contributed by atoms with Gasteiger partial charge in [-0.3, -0.25) is 4.90 Å². The van der Waals surface area contributed by atoms with Gasteiger partial charge in [-0.2, -0.15) is 0 Å². The first-order valence-corrected chi connectivity index (χ1v) is 8.40. The van der Waals surface area contributed by atoms with E-state index in [0.717, 1.165) is 32.5 Å². The van der Waals surface area contributed by atoms with Crippen LogP contribution in [0.3, 0.4) is 0 Å². The number of thiazole rings is 1. The van der Waals surface area contributed by atoms with Gasteiger partial charge in [-0.25, -0.2) is 9.78 Å². The Balaban J connectivity index is 1.54. The summed E-state index contributed by atoms with van der Waals surface area (Å²) in [6.07, 6.45) is 4.27. The molecule has 2 heterocycles. The third-order valence-corrected chi connectivity index (χ3v) is 5.26. The van der Waals surface area contributed by atoms with Crippen molar-refractivity contribution in [3.8, 4) is 0 Å². The molecule has 4 nitrogen and oxygen atoms in total. The second kappa shape index (κ2) is 6.58. The summed E-state index contributed by atoms with van der Waals surface area (Å²) in [4.78, 5) is 19.1. The second-order valence-corrected chi connectivity index (χ2v) is 7.13. The summed E-state index contributed by atoms with van der Waals surface area (Å²) < 4.78 is 0. The van der Waals surface area contributed by atoms with E-state index in [1.165, 1.54) is 15.4 Å². The molecule has 116 valence electrons. The van der Waals surface area contributed by atoms with Gasteiger partial charge >= 0.3 is 5.97 Å². The summed E-state index contributed by atoms with van der Waals surface area (Å²) in [7, 11) is 0. The molecule has 3 rings (SSSR count). The first-order chi connectivity index (χ1) is 10.6. The summed E-state index contributed by atoms with van der Waals surface area (Å²) in [6, 6.07) is 7.20. The molecule has 0 saturated carbocycles. The number of hydrogen-bond acceptors (Lipinski definition) is 4. The van der Waals surface area contributed by atoms with Gasteiger partial charge in [0.1, 0.15) is 0 Å². The summed E-state index contributed by atoms with van der Waals surface area (Å²) >= 11 is 1.82. The van der Waals surface area contributed by atoms with E-state index in [1.807, 2.05) is 29.7 Å². The van der Waals surface area contributed by atoms with Gasteiger partial charge in [-0.15, -0.1) is 11.3 Å². The van der Waals surface area contributed by atoms with Gasteiger partial charge < -0.3 is 5.11 Å². The lowest BCUT2D eigenvalue weighted by Crippen LogP contribution is -2.32. The summed E-state index contributed by atoms with van der Waals surface area (Å²) in [6.45, 7) is 5.15. The van der Waals surface area contributed by atoms with Crippen LogP contribution in [0.15, 0.2) is 30.5 Å². The summed E-state index contributed by atoms with van der Waals surface area (Å²) in [5.41, 5.74) is 1.52. The van der Waals surface area contributed by atoms with Crippen molar-refractivity contribution in [3.63, 3.8) is 0 Å². The van der Waals surface area contributed by atoms with E-state index >= 15 is 0 Å². The lowest BCUT2D eigenvalue weighted by Gasteiger charge is -2.31. The van der Waals surface area contributed by atoms with E-state index in [0.29, 0.717) is 11.5 Å². The molecule has 1 saturated heterocycles. The fourth-order valence-electron chi connectivity index (χ4n) is 2.91. The molecule has 1 aliphatic heterocycles. The molecule has 2 aromatic rings. The van der Waals surface area contributed by atoms with Gasteiger partial charge in [-0.05, 0) is 50.6 Å². The monoisotopic (exact) mass is 316 g/mol. The number of piperidine rings is 1. The lowest BCUT2D eigenvalue weighted by molar-refractivity contribution is 0.0697. The van der Waals surface area contributed by atoms with E-state index in [1.54, 1.807) is 12.1 Å². The molecule has 1 aromatic heterocycles. The number of aromatic nitrogens is 1. The van der Waals surface area contributed by atoms with Crippen LogP contribution in [0.2, 0.25) is 0 Å². The standard InChI is InChI=1S/C17H20N2O2S/c1-12-10-18-16(22-12)14-6-8-19(9-7-14)11-13-2-4-15(5-3-13)17(20)21/h2-5,10,14H,6-9,11H2,1H3,(H,20,21). The number of likely N-dealkylation sites (tertiary alicyclic amines) is 1. The van der Waals surface area contributed by atoms with Crippen LogP contribution in [0.1, 0.15) is 44.6 Å². The number of benzene rings is 1. The van der Waals surface area contributed by atoms with Crippen molar-refractivity contribution >= 4 is 17.3 Å². The number of nitrogens with zero attached hydrogens (tertiary/aromatic N) is 2. The van der Waals surface area contributed by atoms with Gasteiger partial charge in [0.25, 0.3) is 0 Å². The number of hydrogen-bond donors (Lipinski definition) is 1. The third-order valence-electron chi connectivity index (χ3n) is 4.18. The molecule has 1 aromatic carbocycles. The number of aromatic carboxylic acids is 1. The normalized spacial score (nSPS) is 16.8. The van der Waals surface area contributed by atoms with Crippen LogP contribution in [0, 0.1) is 6.92 Å². The predicted octanol–water partition coefficient (Wildman–Crippen LogP) is 3.53. The molecular weight excluding hydrogens is 296 g/mol. The molecule has 1 fully saturated rings. The van der Waals surface area contributed by atoms with Crippen molar-refractivity contribution in [2.45, 2.75) is 32.2 Å². The highest BCUT2D eigenvalue weighted by molar-refractivity contribution is 7.11. The summed E-state index contributed by atoms with van der Waals surface area (Å²) in [5, 5.41) is 10.2. The van der Waals surface area contributed by atoms with E-state index in [4.69, 9.17) is 5.11 Å². The zero-order valence-electron chi connectivity index (χ0n) is 12.7. The summed E-state index contributed by atoms with van der Waals surface area (Å²) in [5.74, 6) is -0.268. The number of aryl methyl sites for hydroxylation is 1. The maximum atomic E-state index is 10.9. The van der Waals surface area contributed by atoms with Gasteiger partial charge in [0, 0.05) is 23.5 Å². The minimum absolute atomic E-state index is 0.349. The molecular formula is C17H20N2O2S. The average molecular weight is 316 g/mol. The van der Waals surface area contributed by atoms with Gasteiger partial charge in [0.05, 0.1) is 10.6 Å². The molecule has 0 atom stereocenters. The molecule has 1 aliphatic rings. The molecule has 0 amide bonds. The van der Waals surface area contributed by atoms with E-state index < -0.39 is 5.97 Å². The third kappa shape index (κ3) is 3.54. The Morgan fingerprint density at radius 1 is 1.32 bits per heavy atom. The van der Waals surface area contributed by atoms with Crippen molar-refractivity contribution in [2.24, 2.45) is 0 Å². The molecule has 0 unspecified atom stereocenters. The number of carboxylic acid groups (broad SMARTS) is 1. The predicted molar refractivity (Wildman–Crippen MR) is 87.5 cm³/mol. The molecule has 1 N–H and O–H groups in total. The molecule has 22 heavy (non-hydrogen) atoms. The van der Waals surface area contributed by atoms with Crippen LogP contribution in [0.25, 0.3) is 0 Å². The van der Waals surface area contributed by atoms with Crippen molar-refractivity contribution in [1.29, 1.82) is 0 Å². The number of carbonyl (C=O) groups is 1. The molecule has 5 heteroatoms. The highest BCUT2D eigenvalue weighted by atomic mass is 32.1. The Bertz CT molecular complexity index is 643. The lowest BCUT2D eigenvalue weighted by atomic mass is 9.97. The largest absolute Gasteiger partial charge is 0.478 e. The first-order valence-electron chi connectivity index (χ1n) is 7.59. The zero-order valence-corrected chi connectivity index (χ0v) is 13.5. The quantitative estimate of drug-likeness (QED) is 0.937. The van der Waals surface area contributed by atoms with E-state index in [2.05, 4.69) is 16.8 Å². The molecule has 0 bridgehead atoms. The van der Waals surface area contributed by atoms with Crippen LogP contribution in [0.5, 0.6) is 0 Å². The minimum Gasteiger partial charge on any atom is -0.478 e. The number of rotatable bonds is 4. The Kier molecular flexibility index (Phi) is 4.55. The van der Waals surface area contributed by atoms with Crippen molar-refractivity contribution in [3.05, 3.63) is 51.5 Å². The molecule has 0 spiro atoms. The second-order valence-electron chi connectivity index (χ2n) is 5.86. The van der Waals surface area contributed by atoms with Crippen LogP contribution in [-0.2, 0) is 6.54 Å². The zero-order chi connectivity index (χ0) is 15.5. The highest BCUT2D eigenvalue weighted by Gasteiger charge is 2.22. The van der Waals surface area contributed by atoms with Crippen molar-refractivity contribution in [1.82, 2.24) is 9.88 Å². The Morgan fingerprint density at radius 3 is 2.55 bits per heavy atom. The topological polar surface area (TPSA) is 53.4 Å². The van der Waals surface area contributed by atoms with Crippen molar-refractivity contribution < 1.29 is 9.90 Å². The molecule has 0 radical (unpaired) electrons. The Hall–Kier alpha value is -1.72. The Morgan fingerprint density at radius 2 is 2.00 bits per heavy atom. The van der Waals surface area contributed by atoms with Gasteiger partial charge in [-0.1, -0.05) is 12.1 Å². The fourth-order valence-corrected chi connectivity index (χ4v) is 3.85. The molecule has 0 aliphatic carbocycles. The highest BCUT2D eigenvalue weighted by Crippen LogP contribution is 2.31. The maximum Gasteiger partial charge on any atom is 0.335 e.